The van der Waals surface area contributed by atoms with Gasteiger partial charge in [-0.1, -0.05) is 0 Å². The Morgan fingerprint density at radius 1 is 1.30 bits per heavy atom. The lowest BCUT2D eigenvalue weighted by atomic mass is 10.1. The Morgan fingerprint density at radius 2 is 1.85 bits per heavy atom. The van der Waals surface area contributed by atoms with Crippen LogP contribution in [0, 0.1) is 6.92 Å². The highest BCUT2D eigenvalue weighted by molar-refractivity contribution is 7.79. The third kappa shape index (κ3) is 8.70. The number of aryl methyl sites for hydroxylation is 1. The van der Waals surface area contributed by atoms with Gasteiger partial charge >= 0.3 is 10.4 Å². The number of benzene rings is 1. The third-order valence-corrected chi connectivity index (χ3v) is 2.59. The van der Waals surface area contributed by atoms with Crippen molar-refractivity contribution in [2.75, 3.05) is 30.3 Å². The molecule has 20 heavy (non-hydrogen) atoms. The molecule has 0 spiro atoms. The summed E-state index contributed by atoms with van der Waals surface area (Å²) < 4.78 is 31.6. The van der Waals surface area contributed by atoms with E-state index in [4.69, 9.17) is 28.4 Å². The van der Waals surface area contributed by atoms with Crippen LogP contribution < -0.4 is 10.6 Å². The van der Waals surface area contributed by atoms with E-state index in [1.165, 1.54) is 5.69 Å². The zero-order valence-corrected chi connectivity index (χ0v) is 12.5. The van der Waals surface area contributed by atoms with Gasteiger partial charge in [0, 0.05) is 31.1 Å². The van der Waals surface area contributed by atoms with E-state index < -0.39 is 10.4 Å². The zero-order chi connectivity index (χ0) is 15.8. The Balaban J connectivity index is 0.000000621. The molecule has 1 aromatic rings. The van der Waals surface area contributed by atoms with Gasteiger partial charge in [-0.2, -0.15) is 8.42 Å². The summed E-state index contributed by atoms with van der Waals surface area (Å²) in [5.41, 5.74) is 8.89. The number of nitrogens with zero attached hydrogens (tertiary/aromatic N) is 1. The molecule has 0 aromatic heterocycles. The van der Waals surface area contributed by atoms with Gasteiger partial charge in [-0.25, -0.2) is 0 Å². The Bertz CT molecular complexity index is 497. The summed E-state index contributed by atoms with van der Waals surface area (Å²) in [6.45, 7) is 6.20. The minimum Gasteiger partial charge on any atom is -0.399 e. The topological polar surface area (TPSA) is 124 Å². The van der Waals surface area contributed by atoms with E-state index in [2.05, 4.69) is 17.9 Å². The van der Waals surface area contributed by atoms with Gasteiger partial charge in [0.05, 0.1) is 0 Å². The summed E-state index contributed by atoms with van der Waals surface area (Å²) >= 11 is 0. The molecule has 0 bridgehead atoms. The highest BCUT2D eigenvalue weighted by Crippen LogP contribution is 2.20. The number of aliphatic hydroxyl groups excluding tert-OH is 1. The lowest BCUT2D eigenvalue weighted by molar-refractivity contribution is 0.289. The normalized spacial score (nSPS) is 10.7. The van der Waals surface area contributed by atoms with Gasteiger partial charge in [0.15, 0.2) is 0 Å². The molecular weight excluding hydrogens is 284 g/mol. The number of nitrogen functional groups attached to an aromatic ring is 1. The van der Waals surface area contributed by atoms with E-state index >= 15 is 0 Å². The van der Waals surface area contributed by atoms with E-state index in [0.29, 0.717) is 0 Å². The summed E-state index contributed by atoms with van der Waals surface area (Å²) in [6.07, 6.45) is 0.803. The Labute approximate surface area is 119 Å². The predicted molar refractivity (Wildman–Crippen MR) is 79.4 cm³/mol. The van der Waals surface area contributed by atoms with Gasteiger partial charge in [-0.05, 0) is 44.0 Å². The fraction of sp³-hybridized carbons (Fsp3) is 0.500. The van der Waals surface area contributed by atoms with E-state index in [0.717, 1.165) is 30.8 Å². The van der Waals surface area contributed by atoms with Gasteiger partial charge in [-0.3, -0.25) is 9.11 Å². The molecule has 0 aliphatic carbocycles. The zero-order valence-electron chi connectivity index (χ0n) is 11.7. The average Bonchev–Trinajstić information content (AvgIpc) is 2.32. The molecule has 7 nitrogen and oxygen atoms in total. The van der Waals surface area contributed by atoms with Gasteiger partial charge < -0.3 is 15.7 Å². The van der Waals surface area contributed by atoms with Crippen LogP contribution in [0.15, 0.2) is 18.2 Å². The highest BCUT2D eigenvalue weighted by Gasteiger charge is 2.04. The first kappa shape index (κ1) is 18.7. The maximum Gasteiger partial charge on any atom is 0.394 e. The molecule has 0 fully saturated rings. The lowest BCUT2D eigenvalue weighted by Crippen LogP contribution is -2.24. The SMILES string of the molecule is CCN(CCCO)c1ccc(N)c(C)c1.O=S(=O)(O)O. The highest BCUT2D eigenvalue weighted by atomic mass is 32.3. The molecule has 0 amide bonds. The first-order chi connectivity index (χ1) is 9.19. The first-order valence-corrected chi connectivity index (χ1v) is 7.50. The lowest BCUT2D eigenvalue weighted by Gasteiger charge is -2.23. The monoisotopic (exact) mass is 306 g/mol. The molecule has 0 unspecified atom stereocenters. The van der Waals surface area contributed by atoms with E-state index in [1.807, 2.05) is 19.1 Å². The predicted octanol–water partition coefficient (Wildman–Crippen LogP) is 1.13. The van der Waals surface area contributed by atoms with Crippen molar-refractivity contribution in [3.63, 3.8) is 0 Å². The standard InChI is InChI=1S/C12H20N2O.H2O4S/c1-3-14(7-4-8-15)11-5-6-12(13)10(2)9-11;1-5(2,3)4/h5-6,9,15H,3-4,7-8,13H2,1-2H3;(H2,1,2,3,4). The minimum absolute atomic E-state index is 0.241. The number of hydrogen-bond donors (Lipinski definition) is 4. The summed E-state index contributed by atoms with van der Waals surface area (Å²) in [6, 6.07) is 6.06. The van der Waals surface area contributed by atoms with Crippen LogP contribution in [-0.4, -0.2) is 42.3 Å². The molecule has 8 heteroatoms. The van der Waals surface area contributed by atoms with Crippen molar-refractivity contribution in [2.45, 2.75) is 20.3 Å². The molecule has 0 radical (unpaired) electrons. The van der Waals surface area contributed by atoms with Crippen molar-refractivity contribution in [1.82, 2.24) is 0 Å². The molecular formula is C12H22N2O5S. The fourth-order valence-corrected chi connectivity index (χ4v) is 1.59. The molecule has 0 aliphatic rings. The molecule has 0 saturated carbocycles. The van der Waals surface area contributed by atoms with Crippen LogP contribution in [0.4, 0.5) is 11.4 Å². The summed E-state index contributed by atoms with van der Waals surface area (Å²) in [5.74, 6) is 0. The van der Waals surface area contributed by atoms with Crippen LogP contribution in [0.5, 0.6) is 0 Å². The molecule has 1 aromatic carbocycles. The maximum absolute atomic E-state index is 8.81. The second-order valence-electron chi connectivity index (χ2n) is 4.15. The van der Waals surface area contributed by atoms with Crippen molar-refractivity contribution in [3.05, 3.63) is 23.8 Å². The number of nitrogens with two attached hydrogens (primary N) is 1. The molecule has 0 aliphatic heterocycles. The molecule has 0 heterocycles. The van der Waals surface area contributed by atoms with Crippen LogP contribution in [-0.2, 0) is 10.4 Å². The summed E-state index contributed by atoms with van der Waals surface area (Å²) in [4.78, 5) is 2.24. The van der Waals surface area contributed by atoms with Crippen molar-refractivity contribution in [1.29, 1.82) is 0 Å². The second-order valence-corrected chi connectivity index (χ2v) is 5.04. The number of hydrogen-bond acceptors (Lipinski definition) is 5. The van der Waals surface area contributed by atoms with Gasteiger partial charge in [-0.15, -0.1) is 0 Å². The molecule has 1 rings (SSSR count). The van der Waals surface area contributed by atoms with Crippen LogP contribution >= 0.6 is 0 Å². The third-order valence-electron chi connectivity index (χ3n) is 2.59. The average molecular weight is 306 g/mol. The molecule has 5 N–H and O–H groups in total. The van der Waals surface area contributed by atoms with E-state index in [-0.39, 0.29) is 6.61 Å². The first-order valence-electron chi connectivity index (χ1n) is 6.10. The second kappa shape index (κ2) is 8.75. The van der Waals surface area contributed by atoms with Crippen LogP contribution in [0.2, 0.25) is 0 Å². The van der Waals surface area contributed by atoms with Gasteiger partial charge in [0.2, 0.25) is 0 Å². The molecule has 116 valence electrons. The number of rotatable bonds is 5. The smallest absolute Gasteiger partial charge is 0.394 e. The van der Waals surface area contributed by atoms with Gasteiger partial charge in [0.25, 0.3) is 0 Å². The largest absolute Gasteiger partial charge is 0.399 e. The maximum atomic E-state index is 8.81. The summed E-state index contributed by atoms with van der Waals surface area (Å²) in [7, 11) is -4.67. The van der Waals surface area contributed by atoms with E-state index in [1.54, 1.807) is 0 Å². The number of anilines is 2. The quantitative estimate of drug-likeness (QED) is 0.475. The Kier molecular flexibility index (Phi) is 8.16. The molecule has 0 atom stereocenters. The van der Waals surface area contributed by atoms with Crippen molar-refractivity contribution < 1.29 is 22.6 Å². The summed E-state index contributed by atoms with van der Waals surface area (Å²) in [5, 5.41) is 8.81. The number of aliphatic hydroxyl groups is 1. The minimum atomic E-state index is -4.67. The van der Waals surface area contributed by atoms with Crippen molar-refractivity contribution in [3.8, 4) is 0 Å². The van der Waals surface area contributed by atoms with Crippen molar-refractivity contribution in [2.24, 2.45) is 0 Å². The van der Waals surface area contributed by atoms with Gasteiger partial charge in [0.1, 0.15) is 0 Å². The molecule has 0 saturated heterocycles. The van der Waals surface area contributed by atoms with Crippen molar-refractivity contribution >= 4 is 21.8 Å². The van der Waals surface area contributed by atoms with Crippen LogP contribution in [0.1, 0.15) is 18.9 Å². The van der Waals surface area contributed by atoms with Crippen LogP contribution in [0.3, 0.4) is 0 Å². The Morgan fingerprint density at radius 3 is 2.25 bits per heavy atom. The van der Waals surface area contributed by atoms with E-state index in [9.17, 15) is 0 Å². The fourth-order valence-electron chi connectivity index (χ4n) is 1.59. The Hall–Kier alpha value is -1.35. The van der Waals surface area contributed by atoms with Crippen LogP contribution in [0.25, 0.3) is 0 Å².